The topological polar surface area (TPSA) is 107 Å². The molecule has 140 valence electrons. The number of aromatic amines is 2. The van der Waals surface area contributed by atoms with Crippen molar-refractivity contribution in [2.24, 2.45) is 5.92 Å². The number of pyridine rings is 1. The zero-order valence-corrected chi connectivity index (χ0v) is 15.7. The zero-order chi connectivity index (χ0) is 18.6. The first-order chi connectivity index (χ1) is 12.3. The van der Waals surface area contributed by atoms with E-state index in [-0.39, 0.29) is 24.2 Å². The number of fused-ring (bicyclic) bond motifs is 3. The highest BCUT2D eigenvalue weighted by molar-refractivity contribution is 7.86. The molecule has 4 heterocycles. The number of nitrogens with zero attached hydrogens (tertiary/aromatic N) is 4. The molecule has 1 saturated heterocycles. The molecule has 1 fully saturated rings. The number of piperidine rings is 1. The third-order valence-corrected chi connectivity index (χ3v) is 7.17. The summed E-state index contributed by atoms with van der Waals surface area (Å²) in [6, 6.07) is 1.64. The molecule has 0 amide bonds. The Kier molecular flexibility index (Phi) is 3.94. The molecule has 2 atom stereocenters. The number of hydrogen-bond acceptors (Lipinski definition) is 4. The van der Waals surface area contributed by atoms with Gasteiger partial charge in [0, 0.05) is 38.8 Å². The number of hydrogen-bond donors (Lipinski definition) is 2. The number of rotatable bonds is 3. The van der Waals surface area contributed by atoms with Crippen LogP contribution in [0.25, 0.3) is 22.1 Å². The second-order valence-corrected chi connectivity index (χ2v) is 9.18. The van der Waals surface area contributed by atoms with Crippen molar-refractivity contribution in [3.05, 3.63) is 28.9 Å². The Bertz CT molecular complexity index is 1130. The van der Waals surface area contributed by atoms with E-state index < -0.39 is 10.2 Å². The van der Waals surface area contributed by atoms with Gasteiger partial charge in [0.25, 0.3) is 10.2 Å². The molecule has 10 heteroatoms. The van der Waals surface area contributed by atoms with Crippen LogP contribution in [0.1, 0.15) is 19.4 Å². The molecular weight excluding hydrogens is 356 g/mol. The van der Waals surface area contributed by atoms with Gasteiger partial charge in [-0.05, 0) is 18.4 Å². The summed E-state index contributed by atoms with van der Waals surface area (Å²) in [5.74, 6) is 0.169. The predicted octanol–water partition coefficient (Wildman–Crippen LogP) is 0.895. The van der Waals surface area contributed by atoms with Crippen molar-refractivity contribution in [2.75, 3.05) is 27.2 Å². The minimum absolute atomic E-state index is 0.169. The summed E-state index contributed by atoms with van der Waals surface area (Å²) < 4.78 is 29.5. The van der Waals surface area contributed by atoms with Gasteiger partial charge in [-0.15, -0.1) is 0 Å². The Labute approximate surface area is 150 Å². The summed E-state index contributed by atoms with van der Waals surface area (Å²) in [7, 11) is -0.476. The molecule has 2 unspecified atom stereocenters. The second kappa shape index (κ2) is 5.93. The van der Waals surface area contributed by atoms with E-state index in [1.807, 2.05) is 6.07 Å². The maximum absolute atomic E-state index is 12.7. The van der Waals surface area contributed by atoms with Crippen LogP contribution in [0.5, 0.6) is 0 Å². The fourth-order valence-electron chi connectivity index (χ4n) is 3.73. The van der Waals surface area contributed by atoms with Gasteiger partial charge in [0.15, 0.2) is 0 Å². The highest BCUT2D eigenvalue weighted by atomic mass is 32.2. The molecule has 0 spiro atoms. The smallest absolute Gasteiger partial charge is 0.326 e. The van der Waals surface area contributed by atoms with Gasteiger partial charge in [-0.3, -0.25) is 4.57 Å². The van der Waals surface area contributed by atoms with Gasteiger partial charge < -0.3 is 9.97 Å². The SMILES string of the molecule is CC1CCN(S(=O)(=O)N(C)C)CC1n1c(=O)[nH]c2cnc3[nH]ccc3c21. The van der Waals surface area contributed by atoms with Crippen LogP contribution in [0.3, 0.4) is 0 Å². The van der Waals surface area contributed by atoms with E-state index in [1.54, 1.807) is 17.0 Å². The minimum Gasteiger partial charge on any atom is -0.346 e. The summed E-state index contributed by atoms with van der Waals surface area (Å²) in [5, 5.41) is 0.848. The van der Waals surface area contributed by atoms with Gasteiger partial charge >= 0.3 is 5.69 Å². The van der Waals surface area contributed by atoms with Crippen LogP contribution < -0.4 is 5.69 Å². The number of H-pyrrole nitrogens is 2. The summed E-state index contributed by atoms with van der Waals surface area (Å²) in [5.41, 5.74) is 1.88. The quantitative estimate of drug-likeness (QED) is 0.706. The molecule has 0 aromatic carbocycles. The van der Waals surface area contributed by atoms with E-state index in [9.17, 15) is 13.2 Å². The lowest BCUT2D eigenvalue weighted by atomic mass is 9.94. The van der Waals surface area contributed by atoms with Gasteiger partial charge in [0.2, 0.25) is 0 Å². The van der Waals surface area contributed by atoms with Gasteiger partial charge in [-0.2, -0.15) is 17.0 Å². The minimum atomic E-state index is -3.52. The first kappa shape index (κ1) is 17.3. The Hall–Kier alpha value is -2.17. The number of aromatic nitrogens is 4. The van der Waals surface area contributed by atoms with Gasteiger partial charge in [-0.1, -0.05) is 6.92 Å². The second-order valence-electron chi connectivity index (χ2n) is 7.04. The first-order valence-electron chi connectivity index (χ1n) is 8.54. The normalized spacial score (nSPS) is 22.6. The molecule has 3 aromatic heterocycles. The highest BCUT2D eigenvalue weighted by Gasteiger charge is 2.36. The summed E-state index contributed by atoms with van der Waals surface area (Å²) >= 11 is 0. The Morgan fingerprint density at radius 2 is 2.12 bits per heavy atom. The largest absolute Gasteiger partial charge is 0.346 e. The van der Waals surface area contributed by atoms with Crippen molar-refractivity contribution in [3.8, 4) is 0 Å². The number of imidazole rings is 1. The van der Waals surface area contributed by atoms with E-state index in [1.165, 1.54) is 22.7 Å². The van der Waals surface area contributed by atoms with E-state index in [0.29, 0.717) is 24.1 Å². The van der Waals surface area contributed by atoms with Crippen molar-refractivity contribution in [1.29, 1.82) is 0 Å². The predicted molar refractivity (Wildman–Crippen MR) is 99.2 cm³/mol. The Morgan fingerprint density at radius 1 is 1.35 bits per heavy atom. The molecule has 9 nitrogen and oxygen atoms in total. The average Bonchev–Trinajstić information content (AvgIpc) is 3.18. The van der Waals surface area contributed by atoms with Crippen LogP contribution in [0.2, 0.25) is 0 Å². The molecule has 0 aliphatic carbocycles. The van der Waals surface area contributed by atoms with Crippen LogP contribution in [0.4, 0.5) is 0 Å². The van der Waals surface area contributed by atoms with Crippen molar-refractivity contribution >= 4 is 32.3 Å². The van der Waals surface area contributed by atoms with E-state index in [0.717, 1.165) is 10.9 Å². The van der Waals surface area contributed by atoms with Crippen molar-refractivity contribution in [2.45, 2.75) is 19.4 Å². The molecule has 0 bridgehead atoms. The van der Waals surface area contributed by atoms with Crippen molar-refractivity contribution in [1.82, 2.24) is 28.1 Å². The molecule has 0 saturated carbocycles. The maximum atomic E-state index is 12.7. The third kappa shape index (κ3) is 2.48. The molecule has 0 radical (unpaired) electrons. The molecule has 26 heavy (non-hydrogen) atoms. The maximum Gasteiger partial charge on any atom is 0.326 e. The molecule has 3 aromatic rings. The van der Waals surface area contributed by atoms with Gasteiger partial charge in [-0.25, -0.2) is 9.78 Å². The molecular formula is C16H22N6O3S. The summed E-state index contributed by atoms with van der Waals surface area (Å²) in [6.45, 7) is 2.78. The summed E-state index contributed by atoms with van der Waals surface area (Å²) in [6.07, 6.45) is 4.11. The van der Waals surface area contributed by atoms with Crippen molar-refractivity contribution in [3.63, 3.8) is 0 Å². The average molecular weight is 378 g/mol. The first-order valence-corrected chi connectivity index (χ1v) is 9.94. The fourth-order valence-corrected chi connectivity index (χ4v) is 4.87. The Balaban J connectivity index is 1.87. The lowest BCUT2D eigenvalue weighted by molar-refractivity contribution is 0.195. The summed E-state index contributed by atoms with van der Waals surface area (Å²) in [4.78, 5) is 23.0. The Morgan fingerprint density at radius 3 is 2.85 bits per heavy atom. The van der Waals surface area contributed by atoms with Crippen LogP contribution in [-0.4, -0.2) is 63.7 Å². The third-order valence-electron chi connectivity index (χ3n) is 5.26. The fraction of sp³-hybridized carbons (Fsp3) is 0.500. The monoisotopic (exact) mass is 378 g/mol. The van der Waals surface area contributed by atoms with E-state index in [4.69, 9.17) is 0 Å². The van der Waals surface area contributed by atoms with Crippen LogP contribution in [-0.2, 0) is 10.2 Å². The highest BCUT2D eigenvalue weighted by Crippen LogP contribution is 2.32. The molecule has 1 aliphatic rings. The molecule has 2 N–H and O–H groups in total. The van der Waals surface area contributed by atoms with E-state index in [2.05, 4.69) is 21.9 Å². The molecule has 1 aliphatic heterocycles. The zero-order valence-electron chi connectivity index (χ0n) is 14.9. The standard InChI is InChI=1S/C16H22N6O3S/c1-10-5-7-21(26(24,25)20(2)3)9-13(10)22-14-11-4-6-17-15(11)18-8-12(14)19-16(22)23/h4,6,8,10,13H,5,7,9H2,1-3H3,(H,17,18)(H,19,23). The van der Waals surface area contributed by atoms with Crippen LogP contribution >= 0.6 is 0 Å². The van der Waals surface area contributed by atoms with Crippen LogP contribution in [0.15, 0.2) is 23.3 Å². The van der Waals surface area contributed by atoms with E-state index >= 15 is 0 Å². The lowest BCUT2D eigenvalue weighted by Crippen LogP contribution is -2.49. The lowest BCUT2D eigenvalue weighted by Gasteiger charge is -2.37. The van der Waals surface area contributed by atoms with Crippen LogP contribution in [0, 0.1) is 5.92 Å². The number of nitrogens with one attached hydrogen (secondary N) is 2. The van der Waals surface area contributed by atoms with Gasteiger partial charge in [0.1, 0.15) is 5.65 Å². The van der Waals surface area contributed by atoms with Gasteiger partial charge in [0.05, 0.1) is 23.3 Å². The van der Waals surface area contributed by atoms with Crippen molar-refractivity contribution < 1.29 is 8.42 Å². The molecule has 4 rings (SSSR count).